The van der Waals surface area contributed by atoms with E-state index in [9.17, 15) is 4.79 Å². The Morgan fingerprint density at radius 1 is 0.955 bits per heavy atom. The molecule has 3 heteroatoms. The monoisotopic (exact) mass is 313 g/mol. The lowest BCUT2D eigenvalue weighted by molar-refractivity contribution is 0.102. The molecule has 116 valence electrons. The van der Waals surface area contributed by atoms with Crippen molar-refractivity contribution >= 4 is 23.4 Å². The smallest absolute Gasteiger partial charge is 0.256 e. The Kier molecular flexibility index (Phi) is 5.67. The second kappa shape index (κ2) is 7.50. The van der Waals surface area contributed by atoms with Crippen LogP contribution in [0.1, 0.15) is 49.5 Å². The van der Waals surface area contributed by atoms with E-state index in [-0.39, 0.29) is 5.91 Å². The fourth-order valence-corrected chi connectivity index (χ4v) is 3.27. The summed E-state index contributed by atoms with van der Waals surface area (Å²) in [5.74, 6) is 0.327. The number of anilines is 1. The van der Waals surface area contributed by atoms with Gasteiger partial charge in [-0.1, -0.05) is 58.0 Å². The Morgan fingerprint density at radius 3 is 2.27 bits per heavy atom. The van der Waals surface area contributed by atoms with Crippen molar-refractivity contribution < 1.29 is 4.79 Å². The molecule has 0 aliphatic heterocycles. The van der Waals surface area contributed by atoms with Gasteiger partial charge in [-0.25, -0.2) is 0 Å². The number of carbonyl (C=O) groups excluding carboxylic acids is 1. The molecule has 1 amide bonds. The second-order valence-electron chi connectivity index (χ2n) is 5.86. The van der Waals surface area contributed by atoms with Crippen molar-refractivity contribution in [2.24, 2.45) is 0 Å². The van der Waals surface area contributed by atoms with Gasteiger partial charge in [0.25, 0.3) is 5.91 Å². The number of carbonyl (C=O) groups is 1. The molecule has 0 aromatic heterocycles. The summed E-state index contributed by atoms with van der Waals surface area (Å²) in [6, 6.07) is 15.8. The van der Waals surface area contributed by atoms with E-state index in [2.05, 4.69) is 39.1 Å². The molecule has 0 heterocycles. The summed E-state index contributed by atoms with van der Waals surface area (Å²) >= 11 is 1.71. The molecule has 2 rings (SSSR count). The van der Waals surface area contributed by atoms with Crippen molar-refractivity contribution in [1.82, 2.24) is 0 Å². The third kappa shape index (κ3) is 4.14. The lowest BCUT2D eigenvalue weighted by Crippen LogP contribution is -2.14. The van der Waals surface area contributed by atoms with E-state index in [1.165, 1.54) is 0 Å². The van der Waals surface area contributed by atoms with Crippen LogP contribution in [-0.4, -0.2) is 11.2 Å². The van der Waals surface area contributed by atoms with Gasteiger partial charge in [-0.15, -0.1) is 11.8 Å². The van der Waals surface area contributed by atoms with Crippen molar-refractivity contribution in [1.29, 1.82) is 0 Å². The van der Waals surface area contributed by atoms with Gasteiger partial charge in [-0.05, 0) is 29.7 Å². The summed E-state index contributed by atoms with van der Waals surface area (Å²) in [7, 11) is 0. The molecule has 0 atom stereocenters. The first kappa shape index (κ1) is 16.6. The van der Waals surface area contributed by atoms with E-state index in [0.717, 1.165) is 21.7 Å². The van der Waals surface area contributed by atoms with Gasteiger partial charge in [-0.3, -0.25) is 4.79 Å². The summed E-state index contributed by atoms with van der Waals surface area (Å²) in [6.45, 7) is 8.53. The van der Waals surface area contributed by atoms with Crippen molar-refractivity contribution in [3.63, 3.8) is 0 Å². The van der Waals surface area contributed by atoms with E-state index in [1.54, 1.807) is 11.8 Å². The number of amides is 1. The molecule has 0 fully saturated rings. The molecule has 0 aliphatic rings. The van der Waals surface area contributed by atoms with E-state index in [4.69, 9.17) is 0 Å². The maximum absolute atomic E-state index is 12.7. The molecular weight excluding hydrogens is 290 g/mol. The zero-order valence-electron chi connectivity index (χ0n) is 13.6. The molecule has 0 unspecified atom stereocenters. The van der Waals surface area contributed by atoms with Crippen LogP contribution in [0, 0.1) is 0 Å². The van der Waals surface area contributed by atoms with Gasteiger partial charge >= 0.3 is 0 Å². The molecule has 1 N–H and O–H groups in total. The van der Waals surface area contributed by atoms with E-state index >= 15 is 0 Å². The minimum Gasteiger partial charge on any atom is -0.322 e. The molecule has 0 saturated heterocycles. The third-order valence-corrected chi connectivity index (χ3v) is 4.41. The Hall–Kier alpha value is -1.74. The summed E-state index contributed by atoms with van der Waals surface area (Å²) < 4.78 is 0. The first-order chi connectivity index (χ1) is 10.5. The van der Waals surface area contributed by atoms with Crippen LogP contribution >= 0.6 is 11.8 Å². The summed E-state index contributed by atoms with van der Waals surface area (Å²) in [5.41, 5.74) is 2.79. The molecule has 0 radical (unpaired) electrons. The molecule has 2 aromatic rings. The Bertz CT molecular complexity index is 649. The lowest BCUT2D eigenvalue weighted by atomic mass is 10.0. The fraction of sp³-hybridized carbons (Fsp3) is 0.316. The zero-order valence-corrected chi connectivity index (χ0v) is 14.4. The summed E-state index contributed by atoms with van der Waals surface area (Å²) in [4.78, 5) is 13.7. The first-order valence-electron chi connectivity index (χ1n) is 7.65. The number of hydrogen-bond acceptors (Lipinski definition) is 2. The predicted octanol–water partition coefficient (Wildman–Crippen LogP) is 5.56. The minimum atomic E-state index is -0.0446. The number of nitrogens with one attached hydrogen (secondary N) is 1. The third-order valence-electron chi connectivity index (χ3n) is 3.33. The Balaban J connectivity index is 2.27. The highest BCUT2D eigenvalue weighted by Gasteiger charge is 2.14. The molecule has 0 aliphatic carbocycles. The van der Waals surface area contributed by atoms with Crippen LogP contribution in [0.15, 0.2) is 53.4 Å². The van der Waals surface area contributed by atoms with Crippen LogP contribution in [0.5, 0.6) is 0 Å². The Labute approximate surface area is 137 Å². The van der Waals surface area contributed by atoms with Crippen LogP contribution < -0.4 is 5.32 Å². The van der Waals surface area contributed by atoms with Crippen molar-refractivity contribution in [3.8, 4) is 0 Å². The molecule has 2 aromatic carbocycles. The Morgan fingerprint density at radius 2 is 1.59 bits per heavy atom. The normalized spacial score (nSPS) is 11.0. The van der Waals surface area contributed by atoms with Gasteiger partial charge in [0.1, 0.15) is 0 Å². The standard InChI is InChI=1S/C19H23NOS/c1-13(2)15-9-5-7-11-17(15)20-19(21)16-10-6-8-12-18(16)22-14(3)4/h5-14H,1-4H3,(H,20,21). The lowest BCUT2D eigenvalue weighted by Gasteiger charge is -2.15. The van der Waals surface area contributed by atoms with E-state index in [1.807, 2.05) is 42.5 Å². The molecule has 0 spiro atoms. The van der Waals surface area contributed by atoms with Crippen LogP contribution in [0.2, 0.25) is 0 Å². The van der Waals surface area contributed by atoms with Crippen molar-refractivity contribution in [2.75, 3.05) is 5.32 Å². The number of benzene rings is 2. The molecular formula is C19H23NOS. The minimum absolute atomic E-state index is 0.0446. The average Bonchev–Trinajstić information content (AvgIpc) is 2.47. The number of para-hydroxylation sites is 1. The molecule has 0 saturated carbocycles. The van der Waals surface area contributed by atoms with Gasteiger partial charge in [0.2, 0.25) is 0 Å². The van der Waals surface area contributed by atoms with Crippen LogP contribution in [0.3, 0.4) is 0 Å². The van der Waals surface area contributed by atoms with Crippen molar-refractivity contribution in [2.45, 2.75) is 43.8 Å². The van der Waals surface area contributed by atoms with Crippen LogP contribution in [0.25, 0.3) is 0 Å². The second-order valence-corrected chi connectivity index (χ2v) is 7.48. The number of hydrogen-bond donors (Lipinski definition) is 1. The van der Waals surface area contributed by atoms with Gasteiger partial charge in [0.15, 0.2) is 0 Å². The predicted molar refractivity (Wildman–Crippen MR) is 95.9 cm³/mol. The van der Waals surface area contributed by atoms with Crippen LogP contribution in [-0.2, 0) is 0 Å². The molecule has 22 heavy (non-hydrogen) atoms. The quantitative estimate of drug-likeness (QED) is 0.732. The fourth-order valence-electron chi connectivity index (χ4n) is 2.31. The summed E-state index contributed by atoms with van der Waals surface area (Å²) in [6.07, 6.45) is 0. The largest absolute Gasteiger partial charge is 0.322 e. The van der Waals surface area contributed by atoms with E-state index in [0.29, 0.717) is 11.2 Å². The summed E-state index contributed by atoms with van der Waals surface area (Å²) in [5, 5.41) is 3.51. The molecule has 0 bridgehead atoms. The topological polar surface area (TPSA) is 29.1 Å². The SMILES string of the molecule is CC(C)Sc1ccccc1C(=O)Nc1ccccc1C(C)C. The molecule has 2 nitrogen and oxygen atoms in total. The highest BCUT2D eigenvalue weighted by atomic mass is 32.2. The average molecular weight is 313 g/mol. The highest BCUT2D eigenvalue weighted by Crippen LogP contribution is 2.28. The maximum Gasteiger partial charge on any atom is 0.256 e. The van der Waals surface area contributed by atoms with Gasteiger partial charge in [-0.2, -0.15) is 0 Å². The van der Waals surface area contributed by atoms with Crippen molar-refractivity contribution in [3.05, 3.63) is 59.7 Å². The van der Waals surface area contributed by atoms with Crippen LogP contribution in [0.4, 0.5) is 5.69 Å². The van der Waals surface area contributed by atoms with Gasteiger partial charge < -0.3 is 5.32 Å². The first-order valence-corrected chi connectivity index (χ1v) is 8.53. The zero-order chi connectivity index (χ0) is 16.1. The highest BCUT2D eigenvalue weighted by molar-refractivity contribution is 8.00. The number of thioether (sulfide) groups is 1. The maximum atomic E-state index is 12.7. The van der Waals surface area contributed by atoms with Gasteiger partial charge in [0.05, 0.1) is 5.56 Å². The number of rotatable bonds is 5. The van der Waals surface area contributed by atoms with Gasteiger partial charge in [0, 0.05) is 15.8 Å². The van der Waals surface area contributed by atoms with E-state index < -0.39 is 0 Å².